The Morgan fingerprint density at radius 1 is 1.00 bits per heavy atom. The van der Waals surface area contributed by atoms with Gasteiger partial charge in [0.15, 0.2) is 0 Å². The summed E-state index contributed by atoms with van der Waals surface area (Å²) in [4.78, 5) is 12.4. The van der Waals surface area contributed by atoms with Crippen LogP contribution in [0.25, 0.3) is 6.08 Å². The molecule has 1 amide bonds. The minimum Gasteiger partial charge on any atom is -0.348 e. The lowest BCUT2D eigenvalue weighted by Crippen LogP contribution is -2.43. The molecule has 0 aromatic heterocycles. The quantitative estimate of drug-likeness (QED) is 0.798. The second kappa shape index (κ2) is 5.60. The van der Waals surface area contributed by atoms with Gasteiger partial charge in [-0.25, -0.2) is 0 Å². The van der Waals surface area contributed by atoms with Gasteiger partial charge in [-0.05, 0) is 37.8 Å². The van der Waals surface area contributed by atoms with Crippen molar-refractivity contribution >= 4 is 12.0 Å². The van der Waals surface area contributed by atoms with E-state index in [2.05, 4.69) is 26.1 Å². The molecule has 0 spiro atoms. The number of carbonyl (C=O) groups is 1. The van der Waals surface area contributed by atoms with E-state index in [4.69, 9.17) is 0 Å². The lowest BCUT2D eigenvalue weighted by Gasteiger charge is -2.27. The summed E-state index contributed by atoms with van der Waals surface area (Å²) >= 11 is 0. The molecule has 0 saturated carbocycles. The fourth-order valence-corrected chi connectivity index (χ4v) is 1.75. The molecule has 0 saturated heterocycles. The molecule has 1 aromatic carbocycles. The van der Waals surface area contributed by atoms with Gasteiger partial charge >= 0.3 is 0 Å². The maximum atomic E-state index is 12.4. The summed E-state index contributed by atoms with van der Waals surface area (Å²) < 4.78 is 0. The van der Waals surface area contributed by atoms with E-state index in [1.165, 1.54) is 0 Å². The van der Waals surface area contributed by atoms with Crippen LogP contribution in [0.5, 0.6) is 0 Å². The highest BCUT2D eigenvalue weighted by Crippen LogP contribution is 2.28. The van der Waals surface area contributed by atoms with E-state index in [9.17, 15) is 4.79 Å². The van der Waals surface area contributed by atoms with Crippen LogP contribution in [-0.2, 0) is 4.79 Å². The van der Waals surface area contributed by atoms with Crippen molar-refractivity contribution in [3.63, 3.8) is 0 Å². The molecule has 104 valence electrons. The van der Waals surface area contributed by atoms with Crippen molar-refractivity contribution in [2.45, 2.75) is 47.1 Å². The SMILES string of the molecule is CC(C)(C)NC(=O)/C(=C\c1ccccc1)C(C)(C)C. The molecule has 2 nitrogen and oxygen atoms in total. The standard InChI is InChI=1S/C17H25NO/c1-16(2,3)14(15(19)18-17(4,5)6)12-13-10-8-7-9-11-13/h7-12H,1-6H3,(H,18,19)/b14-12+. The van der Waals surface area contributed by atoms with Crippen LogP contribution in [0.3, 0.4) is 0 Å². The minimum absolute atomic E-state index is 0.00357. The number of benzene rings is 1. The topological polar surface area (TPSA) is 29.1 Å². The average Bonchev–Trinajstić information content (AvgIpc) is 2.23. The maximum Gasteiger partial charge on any atom is 0.248 e. The van der Waals surface area contributed by atoms with Crippen LogP contribution < -0.4 is 5.32 Å². The minimum atomic E-state index is -0.224. The van der Waals surface area contributed by atoms with Gasteiger partial charge in [-0.1, -0.05) is 51.1 Å². The number of hydrogen-bond acceptors (Lipinski definition) is 1. The molecule has 0 aliphatic heterocycles. The third-order valence-corrected chi connectivity index (χ3v) is 2.65. The maximum absolute atomic E-state index is 12.4. The highest BCUT2D eigenvalue weighted by molar-refractivity contribution is 5.99. The fourth-order valence-electron chi connectivity index (χ4n) is 1.75. The first-order valence-corrected chi connectivity index (χ1v) is 6.69. The molecule has 0 heterocycles. The Morgan fingerprint density at radius 2 is 1.53 bits per heavy atom. The summed E-state index contributed by atoms with van der Waals surface area (Å²) in [5.41, 5.74) is 1.44. The Balaban J connectivity index is 3.10. The second-order valence-electron chi connectivity index (χ2n) is 6.92. The highest BCUT2D eigenvalue weighted by Gasteiger charge is 2.26. The van der Waals surface area contributed by atoms with E-state index >= 15 is 0 Å². The highest BCUT2D eigenvalue weighted by atomic mass is 16.1. The second-order valence-corrected chi connectivity index (χ2v) is 6.92. The summed E-state index contributed by atoms with van der Waals surface area (Å²) in [6.45, 7) is 12.2. The first-order valence-electron chi connectivity index (χ1n) is 6.69. The number of amides is 1. The zero-order chi connectivity index (χ0) is 14.7. The smallest absolute Gasteiger partial charge is 0.248 e. The summed E-state index contributed by atoms with van der Waals surface area (Å²) in [5.74, 6) is 0.00357. The number of nitrogens with one attached hydrogen (secondary N) is 1. The van der Waals surface area contributed by atoms with Gasteiger partial charge in [0.05, 0.1) is 0 Å². The molecule has 0 aliphatic carbocycles. The monoisotopic (exact) mass is 259 g/mol. The van der Waals surface area contributed by atoms with Crippen molar-refractivity contribution in [2.75, 3.05) is 0 Å². The van der Waals surface area contributed by atoms with E-state index in [0.717, 1.165) is 11.1 Å². The molecular formula is C17H25NO. The largest absolute Gasteiger partial charge is 0.348 e. The van der Waals surface area contributed by atoms with Gasteiger partial charge in [0.1, 0.15) is 0 Å². The zero-order valence-electron chi connectivity index (χ0n) is 12.9. The molecule has 0 bridgehead atoms. The van der Waals surface area contributed by atoms with Crippen LogP contribution in [0.1, 0.15) is 47.1 Å². The van der Waals surface area contributed by atoms with Crippen molar-refractivity contribution in [2.24, 2.45) is 5.41 Å². The van der Waals surface area contributed by atoms with E-state index in [0.29, 0.717) is 0 Å². The molecule has 1 aromatic rings. The predicted octanol–water partition coefficient (Wildman–Crippen LogP) is 4.03. The Kier molecular flexibility index (Phi) is 4.56. The van der Waals surface area contributed by atoms with Gasteiger partial charge in [-0.15, -0.1) is 0 Å². The van der Waals surface area contributed by atoms with Crippen LogP contribution in [0.15, 0.2) is 35.9 Å². The summed E-state index contributed by atoms with van der Waals surface area (Å²) in [7, 11) is 0. The molecule has 0 atom stereocenters. The van der Waals surface area contributed by atoms with Crippen LogP contribution >= 0.6 is 0 Å². The van der Waals surface area contributed by atoms with Gasteiger partial charge in [0.25, 0.3) is 0 Å². The van der Waals surface area contributed by atoms with Crippen molar-refractivity contribution in [3.8, 4) is 0 Å². The van der Waals surface area contributed by atoms with Crippen LogP contribution in [-0.4, -0.2) is 11.4 Å². The molecule has 0 aliphatic rings. The summed E-state index contributed by atoms with van der Waals surface area (Å²) in [5, 5.41) is 3.04. The van der Waals surface area contributed by atoms with Crippen LogP contribution in [0.2, 0.25) is 0 Å². The molecule has 19 heavy (non-hydrogen) atoms. The molecule has 1 N–H and O–H groups in total. The van der Waals surface area contributed by atoms with Crippen molar-refractivity contribution in [1.82, 2.24) is 5.32 Å². The first kappa shape index (κ1) is 15.5. The van der Waals surface area contributed by atoms with Gasteiger partial charge in [0.2, 0.25) is 5.91 Å². The van der Waals surface area contributed by atoms with E-state index in [1.54, 1.807) is 0 Å². The Morgan fingerprint density at radius 3 is 1.95 bits per heavy atom. The number of rotatable bonds is 2. The van der Waals surface area contributed by atoms with Gasteiger partial charge in [-0.3, -0.25) is 4.79 Å². The summed E-state index contributed by atoms with van der Waals surface area (Å²) in [6, 6.07) is 9.96. The van der Waals surface area contributed by atoms with Gasteiger partial charge < -0.3 is 5.32 Å². The molecule has 0 unspecified atom stereocenters. The van der Waals surface area contributed by atoms with Gasteiger partial charge in [-0.2, -0.15) is 0 Å². The molecule has 2 heteroatoms. The molecule has 0 fully saturated rings. The van der Waals surface area contributed by atoms with Crippen LogP contribution in [0, 0.1) is 5.41 Å². The molecule has 1 rings (SSSR count). The lowest BCUT2D eigenvalue weighted by molar-refractivity contribution is -0.119. The van der Waals surface area contributed by atoms with Crippen molar-refractivity contribution in [1.29, 1.82) is 0 Å². The molecule has 0 radical (unpaired) electrons. The summed E-state index contributed by atoms with van der Waals surface area (Å²) in [6.07, 6.45) is 1.97. The lowest BCUT2D eigenvalue weighted by atomic mass is 9.84. The average molecular weight is 259 g/mol. The van der Waals surface area contributed by atoms with Crippen molar-refractivity contribution in [3.05, 3.63) is 41.5 Å². The van der Waals surface area contributed by atoms with Crippen LogP contribution in [0.4, 0.5) is 0 Å². The number of hydrogen-bond donors (Lipinski definition) is 1. The van der Waals surface area contributed by atoms with E-state index in [1.807, 2.05) is 57.2 Å². The first-order chi connectivity index (χ1) is 8.59. The molecular weight excluding hydrogens is 234 g/mol. The Hall–Kier alpha value is -1.57. The van der Waals surface area contributed by atoms with E-state index < -0.39 is 0 Å². The Labute approximate surface area is 116 Å². The third kappa shape index (κ3) is 5.29. The fraction of sp³-hybridized carbons (Fsp3) is 0.471. The normalized spacial score (nSPS) is 13.3. The third-order valence-electron chi connectivity index (χ3n) is 2.65. The predicted molar refractivity (Wildman–Crippen MR) is 81.8 cm³/mol. The van der Waals surface area contributed by atoms with E-state index in [-0.39, 0.29) is 16.9 Å². The number of carbonyl (C=O) groups excluding carboxylic acids is 1. The van der Waals surface area contributed by atoms with Gasteiger partial charge in [0, 0.05) is 11.1 Å². The van der Waals surface area contributed by atoms with Crippen molar-refractivity contribution < 1.29 is 4.79 Å². The Bertz CT molecular complexity index is 458. The zero-order valence-corrected chi connectivity index (χ0v) is 12.9.